The second kappa shape index (κ2) is 8.30. The summed E-state index contributed by atoms with van der Waals surface area (Å²) in [5.74, 6) is -0.641. The highest BCUT2D eigenvalue weighted by atomic mass is 79.9. The number of carbonyl (C=O) groups is 1. The molecule has 2 unspecified atom stereocenters. The highest BCUT2D eigenvalue weighted by Gasteiger charge is 2.29. The molecule has 3 N–H and O–H groups in total. The monoisotopic (exact) mass is 440 g/mol. The zero-order chi connectivity index (χ0) is 19.5. The second-order valence-corrected chi connectivity index (χ2v) is 8.67. The summed E-state index contributed by atoms with van der Waals surface area (Å²) in [6.07, 6.45) is -1.22. The zero-order valence-electron chi connectivity index (χ0n) is 14.7. The number of hydrogen-bond donors (Lipinski definition) is 3. The molecule has 0 aliphatic heterocycles. The van der Waals surface area contributed by atoms with Crippen molar-refractivity contribution in [1.29, 1.82) is 0 Å². The molecule has 0 aromatic heterocycles. The standard InChI is InChI=1S/C18H21BrN2O4S/c1-11-4-7-15(8-5-11)26(24,25)21-17(13(3)22)18(23)20-14-6-9-16(19)12(2)10-14/h4-10,13,17,21-22H,1-3H3,(H,20,23). The fraction of sp³-hybridized carbons (Fsp3) is 0.278. The second-order valence-electron chi connectivity index (χ2n) is 6.11. The Morgan fingerprint density at radius 2 is 1.73 bits per heavy atom. The minimum Gasteiger partial charge on any atom is -0.391 e. The van der Waals surface area contributed by atoms with Crippen molar-refractivity contribution in [3.63, 3.8) is 0 Å². The van der Waals surface area contributed by atoms with E-state index in [1.54, 1.807) is 30.3 Å². The number of hydrogen-bond acceptors (Lipinski definition) is 4. The van der Waals surface area contributed by atoms with Crippen molar-refractivity contribution in [3.05, 3.63) is 58.1 Å². The average molecular weight is 441 g/mol. The Kier molecular flexibility index (Phi) is 6.57. The van der Waals surface area contributed by atoms with Crippen LogP contribution in [0.3, 0.4) is 0 Å². The summed E-state index contributed by atoms with van der Waals surface area (Å²) in [5.41, 5.74) is 2.34. The predicted molar refractivity (Wildman–Crippen MR) is 104 cm³/mol. The molecule has 8 heteroatoms. The van der Waals surface area contributed by atoms with Crippen LogP contribution in [-0.2, 0) is 14.8 Å². The normalized spacial score (nSPS) is 13.9. The smallest absolute Gasteiger partial charge is 0.245 e. The summed E-state index contributed by atoms with van der Waals surface area (Å²) in [6.45, 7) is 5.07. The van der Waals surface area contributed by atoms with Crippen molar-refractivity contribution in [2.24, 2.45) is 0 Å². The van der Waals surface area contributed by atoms with E-state index in [-0.39, 0.29) is 4.90 Å². The van der Waals surface area contributed by atoms with Crippen molar-refractivity contribution in [2.75, 3.05) is 5.32 Å². The number of benzene rings is 2. The molecule has 26 heavy (non-hydrogen) atoms. The zero-order valence-corrected chi connectivity index (χ0v) is 17.1. The van der Waals surface area contributed by atoms with Crippen molar-refractivity contribution in [2.45, 2.75) is 37.8 Å². The van der Waals surface area contributed by atoms with E-state index in [0.717, 1.165) is 15.6 Å². The molecule has 0 fully saturated rings. The molecule has 2 atom stereocenters. The minimum atomic E-state index is -3.95. The van der Waals surface area contributed by atoms with E-state index in [0.29, 0.717) is 5.69 Å². The van der Waals surface area contributed by atoms with Gasteiger partial charge in [-0.3, -0.25) is 4.79 Å². The fourth-order valence-corrected chi connectivity index (χ4v) is 3.78. The van der Waals surface area contributed by atoms with Crippen molar-refractivity contribution in [1.82, 2.24) is 4.72 Å². The predicted octanol–water partition coefficient (Wildman–Crippen LogP) is 2.73. The molecule has 0 bridgehead atoms. The van der Waals surface area contributed by atoms with Crippen LogP contribution >= 0.6 is 15.9 Å². The molecule has 2 aromatic rings. The lowest BCUT2D eigenvalue weighted by atomic mass is 10.1. The lowest BCUT2D eigenvalue weighted by molar-refractivity contribution is -0.119. The Morgan fingerprint density at radius 1 is 1.12 bits per heavy atom. The number of nitrogens with one attached hydrogen (secondary N) is 2. The summed E-state index contributed by atoms with van der Waals surface area (Å²) in [5, 5.41) is 12.5. The van der Waals surface area contributed by atoms with Crippen LogP contribution in [0, 0.1) is 13.8 Å². The van der Waals surface area contributed by atoms with Gasteiger partial charge in [0.1, 0.15) is 6.04 Å². The van der Waals surface area contributed by atoms with Crippen LogP contribution in [0.1, 0.15) is 18.1 Å². The first-order valence-electron chi connectivity index (χ1n) is 7.94. The SMILES string of the molecule is Cc1ccc(S(=O)(=O)NC(C(=O)Nc2ccc(Br)c(C)c2)C(C)O)cc1. The maximum Gasteiger partial charge on any atom is 0.245 e. The lowest BCUT2D eigenvalue weighted by Crippen LogP contribution is -2.50. The van der Waals surface area contributed by atoms with Crippen molar-refractivity contribution in [3.8, 4) is 0 Å². The van der Waals surface area contributed by atoms with Crippen LogP contribution in [-0.4, -0.2) is 31.6 Å². The molecule has 0 spiro atoms. The van der Waals surface area contributed by atoms with Crippen LogP contribution in [0.2, 0.25) is 0 Å². The quantitative estimate of drug-likeness (QED) is 0.643. The fourth-order valence-electron chi connectivity index (χ4n) is 2.27. The number of rotatable bonds is 6. The molecule has 0 aliphatic rings. The summed E-state index contributed by atoms with van der Waals surface area (Å²) < 4.78 is 28.2. The third kappa shape index (κ3) is 5.14. The summed E-state index contributed by atoms with van der Waals surface area (Å²) in [4.78, 5) is 12.5. The first kappa shape index (κ1) is 20.6. The molecule has 6 nitrogen and oxygen atoms in total. The Balaban J connectivity index is 2.20. The Hall–Kier alpha value is -1.74. The molecule has 1 amide bonds. The van der Waals surface area contributed by atoms with Gasteiger partial charge in [0, 0.05) is 10.2 Å². The van der Waals surface area contributed by atoms with E-state index in [4.69, 9.17) is 0 Å². The van der Waals surface area contributed by atoms with Gasteiger partial charge in [-0.05, 0) is 56.7 Å². The van der Waals surface area contributed by atoms with Gasteiger partial charge in [-0.15, -0.1) is 0 Å². The number of halogens is 1. The molecule has 0 saturated heterocycles. The molecule has 2 aromatic carbocycles. The van der Waals surface area contributed by atoms with Crippen LogP contribution in [0.15, 0.2) is 51.8 Å². The first-order valence-corrected chi connectivity index (χ1v) is 10.2. The summed E-state index contributed by atoms with van der Waals surface area (Å²) in [6, 6.07) is 10.1. The maximum absolute atomic E-state index is 12.5. The van der Waals surface area contributed by atoms with Crippen molar-refractivity contribution < 1.29 is 18.3 Å². The van der Waals surface area contributed by atoms with Crippen LogP contribution < -0.4 is 10.0 Å². The van der Waals surface area contributed by atoms with Gasteiger partial charge in [-0.1, -0.05) is 33.6 Å². The van der Waals surface area contributed by atoms with Gasteiger partial charge in [0.05, 0.1) is 11.0 Å². The van der Waals surface area contributed by atoms with Gasteiger partial charge in [0.25, 0.3) is 0 Å². The van der Waals surface area contributed by atoms with E-state index >= 15 is 0 Å². The third-order valence-electron chi connectivity index (χ3n) is 3.80. The molecular weight excluding hydrogens is 420 g/mol. The molecule has 0 heterocycles. The van der Waals surface area contributed by atoms with Crippen LogP contribution in [0.4, 0.5) is 5.69 Å². The number of carbonyl (C=O) groups excluding carboxylic acids is 1. The summed E-state index contributed by atoms with van der Waals surface area (Å²) >= 11 is 3.37. The largest absolute Gasteiger partial charge is 0.391 e. The van der Waals surface area contributed by atoms with E-state index < -0.39 is 28.1 Å². The Labute approximate surface area is 161 Å². The molecule has 0 radical (unpaired) electrons. The molecule has 0 saturated carbocycles. The van der Waals surface area contributed by atoms with Crippen molar-refractivity contribution >= 4 is 37.5 Å². The Bertz CT molecular complexity index is 896. The number of aryl methyl sites for hydroxylation is 2. The highest BCUT2D eigenvalue weighted by molar-refractivity contribution is 9.10. The van der Waals surface area contributed by atoms with E-state index in [9.17, 15) is 18.3 Å². The van der Waals surface area contributed by atoms with E-state index in [2.05, 4.69) is 26.0 Å². The van der Waals surface area contributed by atoms with Crippen LogP contribution in [0.25, 0.3) is 0 Å². The van der Waals surface area contributed by atoms with E-state index in [1.165, 1.54) is 19.1 Å². The third-order valence-corrected chi connectivity index (χ3v) is 6.15. The van der Waals surface area contributed by atoms with Gasteiger partial charge >= 0.3 is 0 Å². The van der Waals surface area contributed by atoms with E-state index in [1.807, 2.05) is 13.8 Å². The molecular formula is C18H21BrN2O4S. The minimum absolute atomic E-state index is 0.0287. The maximum atomic E-state index is 12.5. The molecule has 140 valence electrons. The molecule has 0 aliphatic carbocycles. The topological polar surface area (TPSA) is 95.5 Å². The van der Waals surface area contributed by atoms with Gasteiger partial charge in [-0.25, -0.2) is 8.42 Å². The van der Waals surface area contributed by atoms with Gasteiger partial charge < -0.3 is 10.4 Å². The number of aliphatic hydroxyl groups is 1. The van der Waals surface area contributed by atoms with Crippen LogP contribution in [0.5, 0.6) is 0 Å². The Morgan fingerprint density at radius 3 is 2.27 bits per heavy atom. The average Bonchev–Trinajstić information content (AvgIpc) is 2.56. The lowest BCUT2D eigenvalue weighted by Gasteiger charge is -2.21. The number of amides is 1. The molecule has 2 rings (SSSR count). The number of sulfonamides is 1. The highest BCUT2D eigenvalue weighted by Crippen LogP contribution is 2.20. The first-order chi connectivity index (χ1) is 12.1. The summed E-state index contributed by atoms with van der Waals surface area (Å²) in [7, 11) is -3.95. The number of anilines is 1. The van der Waals surface area contributed by atoms with Gasteiger partial charge in [0.2, 0.25) is 15.9 Å². The van der Waals surface area contributed by atoms with Gasteiger partial charge in [-0.2, -0.15) is 4.72 Å². The van der Waals surface area contributed by atoms with Gasteiger partial charge in [0.15, 0.2) is 0 Å². The number of aliphatic hydroxyl groups excluding tert-OH is 1.